The molecular weight excluding hydrogens is 624 g/mol. The number of ketones is 1. The zero-order valence-corrected chi connectivity index (χ0v) is 29.2. The summed E-state index contributed by atoms with van der Waals surface area (Å²) in [5.41, 5.74) is 6.94. The smallest absolute Gasteiger partial charge is 0.405 e. The van der Waals surface area contributed by atoms with Crippen LogP contribution in [0.15, 0.2) is 41.5 Å². The van der Waals surface area contributed by atoms with E-state index in [-0.39, 0.29) is 53.1 Å². The lowest BCUT2D eigenvalue weighted by molar-refractivity contribution is -0.146. The zero-order chi connectivity index (χ0) is 35.9. The number of ether oxygens (including phenoxy) is 6. The van der Waals surface area contributed by atoms with Crippen LogP contribution >= 0.6 is 0 Å². The van der Waals surface area contributed by atoms with Gasteiger partial charge in [0.05, 0.1) is 25.0 Å². The summed E-state index contributed by atoms with van der Waals surface area (Å²) < 4.78 is 34.1. The molecule has 0 aliphatic carbocycles. The van der Waals surface area contributed by atoms with Crippen LogP contribution < -0.4 is 20.1 Å². The van der Waals surface area contributed by atoms with Crippen molar-refractivity contribution in [1.82, 2.24) is 0 Å². The molecule has 2 heterocycles. The molecule has 8 unspecified atom stereocenters. The number of hydrogen-bond donors (Lipinski definition) is 3. The number of aliphatic hydroxyl groups excluding tert-OH is 1. The third kappa shape index (κ3) is 8.76. The number of benzene rings is 1. The van der Waals surface area contributed by atoms with Crippen LogP contribution in [0.3, 0.4) is 0 Å². The highest BCUT2D eigenvalue weighted by Gasteiger charge is 2.38. The Morgan fingerprint density at radius 3 is 2.31 bits per heavy atom. The second kappa shape index (κ2) is 17.0. The largest absolute Gasteiger partial charge is 0.504 e. The molecule has 3 rings (SSSR count). The maximum atomic E-state index is 14.2. The van der Waals surface area contributed by atoms with E-state index >= 15 is 0 Å². The number of aromatic hydroxyl groups is 1. The van der Waals surface area contributed by atoms with Gasteiger partial charge in [0.25, 0.3) is 12.2 Å². The van der Waals surface area contributed by atoms with Crippen molar-refractivity contribution in [2.24, 2.45) is 17.6 Å². The molecule has 266 valence electrons. The first-order valence-corrected chi connectivity index (χ1v) is 15.9. The lowest BCUT2D eigenvalue weighted by Crippen LogP contribution is -2.45. The number of hydrogen-bond acceptors (Lipinski definition) is 11. The number of nitrogens with zero attached hydrogens (tertiary/aromatic N) is 1. The summed E-state index contributed by atoms with van der Waals surface area (Å²) in [6.45, 7) is 8.85. The molecule has 2 aliphatic rings. The van der Waals surface area contributed by atoms with Crippen LogP contribution in [0.25, 0.3) is 0 Å². The molecule has 0 fully saturated rings. The van der Waals surface area contributed by atoms with Crippen molar-refractivity contribution in [3.8, 4) is 17.2 Å². The van der Waals surface area contributed by atoms with Crippen LogP contribution in [-0.4, -0.2) is 93.2 Å². The van der Waals surface area contributed by atoms with E-state index < -0.39 is 54.7 Å². The zero-order valence-electron chi connectivity index (χ0n) is 29.2. The topological polar surface area (TPSA) is 176 Å². The van der Waals surface area contributed by atoms with E-state index in [4.69, 9.17) is 34.2 Å². The van der Waals surface area contributed by atoms with E-state index in [0.29, 0.717) is 17.6 Å². The van der Waals surface area contributed by atoms with Gasteiger partial charge in [0.15, 0.2) is 23.4 Å². The normalized spacial score (nSPS) is 29.2. The molecule has 0 spiro atoms. The maximum Gasteiger partial charge on any atom is 0.405 e. The summed E-state index contributed by atoms with van der Waals surface area (Å²) in [4.78, 5) is 40.8. The number of carbonyl (C=O) groups is 3. The summed E-state index contributed by atoms with van der Waals surface area (Å²) in [5, 5.41) is 22.7. The summed E-state index contributed by atoms with van der Waals surface area (Å²) in [6, 6.07) is 0.724. The molecule has 0 radical (unpaired) electrons. The van der Waals surface area contributed by atoms with Crippen LogP contribution in [0.1, 0.15) is 53.0 Å². The van der Waals surface area contributed by atoms with Crippen molar-refractivity contribution in [3.05, 3.63) is 47.1 Å². The second-order valence-corrected chi connectivity index (χ2v) is 12.5. The number of amides is 2. The second-order valence-electron chi connectivity index (χ2n) is 12.5. The Morgan fingerprint density at radius 2 is 1.73 bits per heavy atom. The van der Waals surface area contributed by atoms with E-state index in [9.17, 15) is 24.6 Å². The third-order valence-electron chi connectivity index (χ3n) is 8.79. The minimum atomic E-state index is -1.26. The molecule has 1 aromatic carbocycles. The van der Waals surface area contributed by atoms with Crippen molar-refractivity contribution in [2.75, 3.05) is 33.3 Å². The number of methoxy groups -OCH3 is 4. The molecule has 13 heteroatoms. The van der Waals surface area contributed by atoms with Gasteiger partial charge in [0, 0.05) is 56.9 Å². The Hall–Kier alpha value is -3.91. The van der Waals surface area contributed by atoms with Crippen molar-refractivity contribution < 1.29 is 53.0 Å². The number of allylic oxidation sites excluding steroid dienone is 2. The molecule has 1 aromatic rings. The van der Waals surface area contributed by atoms with E-state index in [1.165, 1.54) is 39.4 Å². The van der Waals surface area contributed by atoms with Crippen LogP contribution in [0.4, 0.5) is 10.5 Å². The molecule has 0 saturated heterocycles. The number of nitrogens with two attached hydrogens (primary N) is 1. The van der Waals surface area contributed by atoms with Gasteiger partial charge in [-0.15, -0.1) is 0 Å². The fourth-order valence-electron chi connectivity index (χ4n) is 6.34. The number of anilines is 1. The highest BCUT2D eigenvalue weighted by atomic mass is 16.7. The van der Waals surface area contributed by atoms with Crippen molar-refractivity contribution in [3.63, 3.8) is 0 Å². The molecule has 4 N–H and O–H groups in total. The van der Waals surface area contributed by atoms with Gasteiger partial charge in [-0.3, -0.25) is 9.59 Å². The monoisotopic (exact) mass is 674 g/mol. The number of carbonyl (C=O) groups excluding carboxylic acids is 3. The average molecular weight is 675 g/mol. The molecular formula is C35H50N2O11. The lowest BCUT2D eigenvalue weighted by atomic mass is 9.87. The maximum absolute atomic E-state index is 14.2. The van der Waals surface area contributed by atoms with E-state index in [1.54, 1.807) is 45.1 Å². The molecule has 4 bridgehead atoms. The fraction of sp³-hybridized carbons (Fsp3) is 0.571. The Bertz CT molecular complexity index is 1420. The van der Waals surface area contributed by atoms with Crippen molar-refractivity contribution in [2.45, 2.75) is 90.6 Å². The van der Waals surface area contributed by atoms with Gasteiger partial charge in [0.2, 0.25) is 5.78 Å². The molecule has 48 heavy (non-hydrogen) atoms. The van der Waals surface area contributed by atoms with E-state index in [1.807, 2.05) is 13.8 Å². The number of phenols is 1. The number of aliphatic hydroxyl groups is 1. The Morgan fingerprint density at radius 1 is 1.04 bits per heavy atom. The highest BCUT2D eigenvalue weighted by Crippen LogP contribution is 2.48. The first-order valence-electron chi connectivity index (χ1n) is 15.9. The van der Waals surface area contributed by atoms with Gasteiger partial charge in [0.1, 0.15) is 6.10 Å². The summed E-state index contributed by atoms with van der Waals surface area (Å²) in [5.74, 6) is -1.42. The Labute approximate surface area is 282 Å². The van der Waals surface area contributed by atoms with Crippen molar-refractivity contribution in [1.29, 1.82) is 0 Å². The standard InChI is InChI=1S/C35H50N2O11/c1-18-13-23-31-24(17-25(38)32(23)45-8)37(22(5)16-26(39)34(46-9)47-31)33(41)19(2)11-10-12-27(43-6)30(48-35(36)42)21(4)15-20(3)29(40)28(14-18)44-7/h10-12,15,17-18,20,22,27-30,34,38,40H,13-14,16H2,1-9H3,(H2,36,42). The number of phenolic OH excluding ortho intramolecular Hbond substituents is 1. The molecule has 2 aliphatic heterocycles. The van der Waals surface area contributed by atoms with Crippen LogP contribution in [0, 0.1) is 11.8 Å². The molecule has 0 aromatic heterocycles. The average Bonchev–Trinajstić information content (AvgIpc) is 3.02. The minimum absolute atomic E-state index is 0.0829. The van der Waals surface area contributed by atoms with Gasteiger partial charge in [-0.05, 0) is 45.1 Å². The SMILES string of the molecule is COc1c(O)cc2c3c1CC(C)CC(OC)C(O)C(C)C=C(C)C(OC(N)=O)C(OC)C=CC=C(C)C(=O)N2C(C)CC(=O)C(OC)O3. The van der Waals surface area contributed by atoms with Gasteiger partial charge in [-0.1, -0.05) is 38.2 Å². The van der Waals surface area contributed by atoms with E-state index in [2.05, 4.69) is 0 Å². The van der Waals surface area contributed by atoms with E-state index in [0.717, 1.165) is 0 Å². The predicted octanol–water partition coefficient (Wildman–Crippen LogP) is 3.97. The lowest BCUT2D eigenvalue weighted by Gasteiger charge is -2.36. The molecule has 2 amide bonds. The van der Waals surface area contributed by atoms with Crippen molar-refractivity contribution >= 4 is 23.5 Å². The summed E-state index contributed by atoms with van der Waals surface area (Å²) in [6.07, 6.45) is 1.46. The number of rotatable bonds is 5. The molecule has 0 saturated carbocycles. The fourth-order valence-corrected chi connectivity index (χ4v) is 6.34. The number of Topliss-reactive ketones (excluding diaryl/α,β-unsaturated/α-hetero) is 1. The Balaban J connectivity index is 2.32. The first-order chi connectivity index (χ1) is 22.7. The number of primary amides is 1. The van der Waals surface area contributed by atoms with Gasteiger partial charge in [-0.2, -0.15) is 0 Å². The summed E-state index contributed by atoms with van der Waals surface area (Å²) in [7, 11) is 5.72. The van der Waals surface area contributed by atoms with Gasteiger partial charge in [-0.25, -0.2) is 4.79 Å². The highest BCUT2D eigenvalue weighted by molar-refractivity contribution is 6.07. The minimum Gasteiger partial charge on any atom is -0.504 e. The van der Waals surface area contributed by atoms with Gasteiger partial charge < -0.3 is 49.3 Å². The van der Waals surface area contributed by atoms with Gasteiger partial charge >= 0.3 is 6.09 Å². The van der Waals surface area contributed by atoms with Crippen LogP contribution in [0.2, 0.25) is 0 Å². The predicted molar refractivity (Wildman–Crippen MR) is 178 cm³/mol. The molecule has 8 atom stereocenters. The summed E-state index contributed by atoms with van der Waals surface area (Å²) >= 11 is 0. The van der Waals surface area contributed by atoms with Crippen LogP contribution in [-0.2, 0) is 35.0 Å². The third-order valence-corrected chi connectivity index (χ3v) is 8.79. The first kappa shape index (κ1) is 38.5. The Kier molecular flexibility index (Phi) is 13.6. The molecule has 13 nitrogen and oxygen atoms in total. The quantitative estimate of drug-likeness (QED) is 0.385. The van der Waals surface area contributed by atoms with Crippen LogP contribution in [0.5, 0.6) is 17.2 Å².